The molecule has 0 heterocycles. The summed E-state index contributed by atoms with van der Waals surface area (Å²) in [4.78, 5) is 1.23. The lowest BCUT2D eigenvalue weighted by atomic mass is 10.1. The Morgan fingerprint density at radius 2 is 1.35 bits per heavy atom. The summed E-state index contributed by atoms with van der Waals surface area (Å²) in [5.41, 5.74) is 7.02. The van der Waals surface area contributed by atoms with Crippen molar-refractivity contribution in [3.8, 4) is 11.1 Å². The van der Waals surface area contributed by atoms with Gasteiger partial charge >= 0.3 is 0 Å². The van der Waals surface area contributed by atoms with Crippen molar-refractivity contribution in [1.82, 2.24) is 4.72 Å². The molecular formula is C14H18N2S. The van der Waals surface area contributed by atoms with Gasteiger partial charge < -0.3 is 5.73 Å². The molecule has 0 fully saturated rings. The number of nitrogens with two attached hydrogens (primary N) is 1. The summed E-state index contributed by atoms with van der Waals surface area (Å²) >= 11 is 1.63. The lowest BCUT2D eigenvalue weighted by Gasteiger charge is -2.03. The third-order valence-electron chi connectivity index (χ3n) is 2.18. The topological polar surface area (TPSA) is 38.0 Å². The normalized spacial score (nSPS) is 9.35. The van der Waals surface area contributed by atoms with Gasteiger partial charge in [-0.05, 0) is 49.3 Å². The molecule has 2 aromatic rings. The predicted molar refractivity (Wildman–Crippen MR) is 76.9 cm³/mol. The largest absolute Gasteiger partial charge is 0.333 e. The molecule has 0 aliphatic rings. The lowest BCUT2D eigenvalue weighted by molar-refractivity contribution is 1.28. The molecule has 0 aliphatic heterocycles. The van der Waals surface area contributed by atoms with Crippen LogP contribution in [0, 0.1) is 0 Å². The van der Waals surface area contributed by atoms with E-state index in [0.717, 1.165) is 0 Å². The van der Waals surface area contributed by atoms with Crippen molar-refractivity contribution in [3.05, 3.63) is 54.6 Å². The molecule has 2 nitrogen and oxygen atoms in total. The fourth-order valence-corrected chi connectivity index (χ4v) is 1.97. The van der Waals surface area contributed by atoms with Crippen LogP contribution in [0.5, 0.6) is 0 Å². The molecular weight excluding hydrogens is 228 g/mol. The number of rotatable bonds is 3. The maximum atomic E-state index is 4.50. The van der Waals surface area contributed by atoms with E-state index >= 15 is 0 Å². The number of hydrogen-bond donors (Lipinski definition) is 2. The Bertz CT molecular complexity index is 412. The average Bonchev–Trinajstić information content (AvgIpc) is 2.43. The van der Waals surface area contributed by atoms with Crippen LogP contribution in [0.3, 0.4) is 0 Å². The van der Waals surface area contributed by atoms with E-state index in [1.165, 1.54) is 23.1 Å². The summed E-state index contributed by atoms with van der Waals surface area (Å²) in [5.74, 6) is 0. The molecule has 3 heteroatoms. The van der Waals surface area contributed by atoms with E-state index in [0.29, 0.717) is 0 Å². The first kappa shape index (κ1) is 13.8. The van der Waals surface area contributed by atoms with Gasteiger partial charge in [0, 0.05) is 4.90 Å². The van der Waals surface area contributed by atoms with Gasteiger partial charge in [0.05, 0.1) is 0 Å². The third kappa shape index (κ3) is 4.23. The first-order valence-electron chi connectivity index (χ1n) is 5.47. The minimum Gasteiger partial charge on any atom is -0.333 e. The van der Waals surface area contributed by atoms with Crippen molar-refractivity contribution in [2.75, 3.05) is 14.1 Å². The first-order chi connectivity index (χ1) is 8.40. The molecule has 90 valence electrons. The molecule has 0 aromatic heterocycles. The fraction of sp³-hybridized carbons (Fsp3) is 0.143. The summed E-state index contributed by atoms with van der Waals surface area (Å²) < 4.78 is 3.06. The van der Waals surface area contributed by atoms with Gasteiger partial charge in [-0.25, -0.2) is 0 Å². The molecule has 0 spiro atoms. The summed E-state index contributed by atoms with van der Waals surface area (Å²) in [6.45, 7) is 0. The lowest BCUT2D eigenvalue weighted by Crippen LogP contribution is -1.89. The molecule has 0 aliphatic carbocycles. The molecule has 0 radical (unpaired) electrons. The second-order valence-corrected chi connectivity index (χ2v) is 4.28. The Balaban J connectivity index is 0.000000686. The van der Waals surface area contributed by atoms with Crippen LogP contribution in [-0.4, -0.2) is 14.1 Å². The molecule has 2 aromatic carbocycles. The molecule has 0 saturated carbocycles. The van der Waals surface area contributed by atoms with Gasteiger partial charge in [0.15, 0.2) is 0 Å². The SMILES string of the molecule is CN.CNSc1ccc(-c2ccccc2)cc1. The molecule has 0 atom stereocenters. The van der Waals surface area contributed by atoms with Gasteiger partial charge in [-0.1, -0.05) is 42.5 Å². The van der Waals surface area contributed by atoms with Gasteiger partial charge in [0.2, 0.25) is 0 Å². The molecule has 0 unspecified atom stereocenters. The van der Waals surface area contributed by atoms with Crippen molar-refractivity contribution in [3.63, 3.8) is 0 Å². The third-order valence-corrected chi connectivity index (χ3v) is 2.89. The highest BCUT2D eigenvalue weighted by atomic mass is 32.2. The first-order valence-corrected chi connectivity index (χ1v) is 6.28. The summed E-state index contributed by atoms with van der Waals surface area (Å²) in [6, 6.07) is 19.0. The van der Waals surface area contributed by atoms with E-state index in [9.17, 15) is 0 Å². The average molecular weight is 246 g/mol. The van der Waals surface area contributed by atoms with Crippen LogP contribution in [0.4, 0.5) is 0 Å². The molecule has 3 N–H and O–H groups in total. The maximum absolute atomic E-state index is 4.50. The molecule has 2 rings (SSSR count). The van der Waals surface area contributed by atoms with Gasteiger partial charge in [-0.2, -0.15) is 0 Å². The van der Waals surface area contributed by atoms with E-state index in [4.69, 9.17) is 0 Å². The van der Waals surface area contributed by atoms with Gasteiger partial charge in [0.1, 0.15) is 0 Å². The second kappa shape index (κ2) is 7.90. The Kier molecular flexibility index (Phi) is 6.40. The van der Waals surface area contributed by atoms with Crippen LogP contribution in [0.1, 0.15) is 0 Å². The monoisotopic (exact) mass is 246 g/mol. The number of benzene rings is 2. The Morgan fingerprint density at radius 1 is 0.824 bits per heavy atom. The van der Waals surface area contributed by atoms with Crippen LogP contribution in [-0.2, 0) is 0 Å². The van der Waals surface area contributed by atoms with Crippen LogP contribution < -0.4 is 10.5 Å². The van der Waals surface area contributed by atoms with Crippen LogP contribution in [0.2, 0.25) is 0 Å². The van der Waals surface area contributed by atoms with Gasteiger partial charge in [-0.3, -0.25) is 4.72 Å². The zero-order valence-electron chi connectivity index (χ0n) is 10.2. The second-order valence-electron chi connectivity index (χ2n) is 3.20. The molecule has 0 saturated heterocycles. The minimum absolute atomic E-state index is 1.23. The highest BCUT2D eigenvalue weighted by molar-refractivity contribution is 7.97. The van der Waals surface area contributed by atoms with E-state index < -0.39 is 0 Å². The predicted octanol–water partition coefficient (Wildman–Crippen LogP) is 3.16. The van der Waals surface area contributed by atoms with Crippen molar-refractivity contribution < 1.29 is 0 Å². The van der Waals surface area contributed by atoms with Crippen molar-refractivity contribution in [2.45, 2.75) is 4.90 Å². The highest BCUT2D eigenvalue weighted by Crippen LogP contribution is 2.22. The van der Waals surface area contributed by atoms with Crippen molar-refractivity contribution >= 4 is 11.9 Å². The molecule has 0 bridgehead atoms. The van der Waals surface area contributed by atoms with Crippen LogP contribution >= 0.6 is 11.9 Å². The van der Waals surface area contributed by atoms with Gasteiger partial charge in [0.25, 0.3) is 0 Å². The summed E-state index contributed by atoms with van der Waals surface area (Å²) in [5, 5.41) is 0. The summed E-state index contributed by atoms with van der Waals surface area (Å²) in [7, 11) is 3.43. The number of hydrogen-bond acceptors (Lipinski definition) is 3. The molecule has 0 amide bonds. The maximum Gasteiger partial charge on any atom is 0.0228 e. The highest BCUT2D eigenvalue weighted by Gasteiger charge is 1.96. The van der Waals surface area contributed by atoms with Crippen LogP contribution in [0.15, 0.2) is 59.5 Å². The minimum atomic E-state index is 1.23. The van der Waals surface area contributed by atoms with E-state index in [1.807, 2.05) is 13.1 Å². The van der Waals surface area contributed by atoms with E-state index in [-0.39, 0.29) is 0 Å². The number of nitrogens with one attached hydrogen (secondary N) is 1. The van der Waals surface area contributed by atoms with Crippen LogP contribution in [0.25, 0.3) is 11.1 Å². The summed E-state index contributed by atoms with van der Waals surface area (Å²) in [6.07, 6.45) is 0. The Morgan fingerprint density at radius 3 is 1.88 bits per heavy atom. The van der Waals surface area contributed by atoms with Gasteiger partial charge in [-0.15, -0.1) is 0 Å². The van der Waals surface area contributed by atoms with Crippen molar-refractivity contribution in [1.29, 1.82) is 0 Å². The quantitative estimate of drug-likeness (QED) is 0.817. The zero-order valence-corrected chi connectivity index (χ0v) is 11.0. The Labute approximate surface area is 107 Å². The van der Waals surface area contributed by atoms with Crippen molar-refractivity contribution in [2.24, 2.45) is 5.73 Å². The standard InChI is InChI=1S/C13H13NS.CH5N/c1-14-15-13-9-7-12(8-10-13)11-5-3-2-4-6-11;1-2/h2-10,14H,1H3;2H2,1H3. The Hall–Kier alpha value is -1.29. The van der Waals surface area contributed by atoms with E-state index in [1.54, 1.807) is 11.9 Å². The smallest absolute Gasteiger partial charge is 0.0228 e. The molecule has 17 heavy (non-hydrogen) atoms. The zero-order chi connectivity index (χ0) is 12.5. The van der Waals surface area contributed by atoms with E-state index in [2.05, 4.69) is 59.0 Å². The fourth-order valence-electron chi connectivity index (χ4n) is 1.46.